The van der Waals surface area contributed by atoms with Gasteiger partial charge in [-0.05, 0) is 30.7 Å². The van der Waals surface area contributed by atoms with Crippen LogP contribution in [0, 0.1) is 0 Å². The molecule has 0 radical (unpaired) electrons. The highest BCUT2D eigenvalue weighted by molar-refractivity contribution is 6.31. The number of hydrogen-bond donors (Lipinski definition) is 1. The zero-order valence-corrected chi connectivity index (χ0v) is 9.33. The minimum absolute atomic E-state index is 0.0186. The first-order valence-corrected chi connectivity index (χ1v) is 5.40. The highest BCUT2D eigenvalue weighted by Gasteiger charge is 2.05. The molecule has 1 aromatic heterocycles. The number of rotatable bonds is 2. The van der Waals surface area contributed by atoms with Gasteiger partial charge in [0.2, 0.25) is 0 Å². The van der Waals surface area contributed by atoms with Crippen LogP contribution in [-0.2, 0) is 0 Å². The standard InChI is InChI=1S/C12H13ClN2/c1-2-10(14)12-5-3-8-7-9(13)4-6-11(8)15-12/h3-7,10H,2,14H2,1H3. The largest absolute Gasteiger partial charge is 0.323 e. The van der Waals surface area contributed by atoms with Crippen LogP contribution in [0.2, 0.25) is 5.02 Å². The number of hydrogen-bond acceptors (Lipinski definition) is 2. The Morgan fingerprint density at radius 1 is 1.33 bits per heavy atom. The summed E-state index contributed by atoms with van der Waals surface area (Å²) in [5.74, 6) is 0. The minimum Gasteiger partial charge on any atom is -0.323 e. The lowest BCUT2D eigenvalue weighted by Gasteiger charge is -2.08. The summed E-state index contributed by atoms with van der Waals surface area (Å²) >= 11 is 5.90. The van der Waals surface area contributed by atoms with Crippen LogP contribution < -0.4 is 5.73 Å². The van der Waals surface area contributed by atoms with Crippen LogP contribution in [-0.4, -0.2) is 4.98 Å². The van der Waals surface area contributed by atoms with E-state index in [4.69, 9.17) is 17.3 Å². The van der Waals surface area contributed by atoms with Crippen LogP contribution in [0.5, 0.6) is 0 Å². The van der Waals surface area contributed by atoms with Gasteiger partial charge in [0.25, 0.3) is 0 Å². The van der Waals surface area contributed by atoms with E-state index >= 15 is 0 Å². The molecule has 1 aromatic carbocycles. The molecule has 0 amide bonds. The first-order chi connectivity index (χ1) is 7.20. The van der Waals surface area contributed by atoms with Gasteiger partial charge in [-0.15, -0.1) is 0 Å². The van der Waals surface area contributed by atoms with Crippen LogP contribution >= 0.6 is 11.6 Å². The molecule has 1 atom stereocenters. The summed E-state index contributed by atoms with van der Waals surface area (Å²) in [5, 5.41) is 1.78. The monoisotopic (exact) mass is 220 g/mol. The summed E-state index contributed by atoms with van der Waals surface area (Å²) in [7, 11) is 0. The molecule has 1 heterocycles. The van der Waals surface area contributed by atoms with Crippen molar-refractivity contribution in [1.82, 2.24) is 4.98 Å². The second-order valence-electron chi connectivity index (χ2n) is 3.59. The molecule has 2 aromatic rings. The average molecular weight is 221 g/mol. The van der Waals surface area contributed by atoms with Gasteiger partial charge in [-0.2, -0.15) is 0 Å². The summed E-state index contributed by atoms with van der Waals surface area (Å²) in [6.07, 6.45) is 0.895. The van der Waals surface area contributed by atoms with Crippen LogP contribution in [0.25, 0.3) is 10.9 Å². The number of nitrogens with zero attached hydrogens (tertiary/aromatic N) is 1. The van der Waals surface area contributed by atoms with Gasteiger partial charge in [0.05, 0.1) is 11.2 Å². The van der Waals surface area contributed by atoms with Crippen molar-refractivity contribution in [3.8, 4) is 0 Å². The Balaban J connectivity index is 2.52. The molecule has 0 saturated carbocycles. The highest BCUT2D eigenvalue weighted by atomic mass is 35.5. The fourth-order valence-electron chi connectivity index (χ4n) is 1.53. The number of nitrogens with two attached hydrogens (primary N) is 1. The number of halogens is 1. The molecule has 15 heavy (non-hydrogen) atoms. The van der Waals surface area contributed by atoms with Gasteiger partial charge < -0.3 is 5.73 Å². The third-order valence-corrected chi connectivity index (χ3v) is 2.73. The highest BCUT2D eigenvalue weighted by Crippen LogP contribution is 2.20. The smallest absolute Gasteiger partial charge is 0.0707 e. The topological polar surface area (TPSA) is 38.9 Å². The van der Waals surface area contributed by atoms with Gasteiger partial charge in [-0.3, -0.25) is 4.98 Å². The lowest BCUT2D eigenvalue weighted by molar-refractivity contribution is 0.679. The molecule has 0 aliphatic rings. The number of pyridine rings is 1. The molecule has 0 aliphatic carbocycles. The van der Waals surface area contributed by atoms with Crippen LogP contribution in [0.1, 0.15) is 25.1 Å². The molecule has 2 nitrogen and oxygen atoms in total. The van der Waals surface area contributed by atoms with E-state index in [1.54, 1.807) is 0 Å². The van der Waals surface area contributed by atoms with E-state index in [9.17, 15) is 0 Å². The van der Waals surface area contributed by atoms with Crippen molar-refractivity contribution in [3.05, 3.63) is 41.0 Å². The third-order valence-electron chi connectivity index (χ3n) is 2.49. The molecule has 3 heteroatoms. The van der Waals surface area contributed by atoms with Crippen molar-refractivity contribution in [3.63, 3.8) is 0 Å². The van der Waals surface area contributed by atoms with Gasteiger partial charge in [0.1, 0.15) is 0 Å². The fourth-order valence-corrected chi connectivity index (χ4v) is 1.71. The van der Waals surface area contributed by atoms with Gasteiger partial charge >= 0.3 is 0 Å². The summed E-state index contributed by atoms with van der Waals surface area (Å²) < 4.78 is 0. The Labute approximate surface area is 94.1 Å². The van der Waals surface area contributed by atoms with Crippen molar-refractivity contribution in [2.45, 2.75) is 19.4 Å². The SMILES string of the molecule is CCC(N)c1ccc2cc(Cl)ccc2n1. The van der Waals surface area contributed by atoms with Gasteiger partial charge in [0, 0.05) is 16.5 Å². The summed E-state index contributed by atoms with van der Waals surface area (Å²) in [6, 6.07) is 9.67. The molecule has 2 rings (SSSR count). The van der Waals surface area contributed by atoms with E-state index < -0.39 is 0 Å². The van der Waals surface area contributed by atoms with Gasteiger partial charge in [0.15, 0.2) is 0 Å². The quantitative estimate of drug-likeness (QED) is 0.844. The van der Waals surface area contributed by atoms with Crippen molar-refractivity contribution in [2.24, 2.45) is 5.73 Å². The maximum Gasteiger partial charge on any atom is 0.0707 e. The molecule has 1 unspecified atom stereocenters. The zero-order valence-electron chi connectivity index (χ0n) is 8.57. The summed E-state index contributed by atoms with van der Waals surface area (Å²) in [4.78, 5) is 4.50. The van der Waals surface area contributed by atoms with Crippen molar-refractivity contribution in [2.75, 3.05) is 0 Å². The predicted octanol–water partition coefficient (Wildman–Crippen LogP) is 3.30. The van der Waals surface area contributed by atoms with Crippen molar-refractivity contribution < 1.29 is 0 Å². The normalized spacial score (nSPS) is 13.0. The maximum absolute atomic E-state index is 5.93. The summed E-state index contributed by atoms with van der Waals surface area (Å²) in [6.45, 7) is 2.05. The Bertz CT molecular complexity index is 482. The van der Waals surface area contributed by atoms with Gasteiger partial charge in [-0.25, -0.2) is 0 Å². The van der Waals surface area contributed by atoms with E-state index in [0.29, 0.717) is 0 Å². The molecule has 2 N–H and O–H groups in total. The molecule has 0 spiro atoms. The predicted molar refractivity (Wildman–Crippen MR) is 64.0 cm³/mol. The summed E-state index contributed by atoms with van der Waals surface area (Å²) in [5.41, 5.74) is 7.81. The van der Waals surface area contributed by atoms with Crippen molar-refractivity contribution in [1.29, 1.82) is 0 Å². The molecule has 78 valence electrons. The maximum atomic E-state index is 5.93. The number of fused-ring (bicyclic) bond motifs is 1. The van der Waals surface area contributed by atoms with Crippen LogP contribution in [0.15, 0.2) is 30.3 Å². The average Bonchev–Trinajstić information content (AvgIpc) is 2.27. The Kier molecular flexibility index (Phi) is 2.89. The molecule has 0 aliphatic heterocycles. The Morgan fingerprint density at radius 3 is 2.87 bits per heavy atom. The molecular weight excluding hydrogens is 208 g/mol. The fraction of sp³-hybridized carbons (Fsp3) is 0.250. The lowest BCUT2D eigenvalue weighted by Crippen LogP contribution is -2.10. The second kappa shape index (κ2) is 4.17. The van der Waals surface area contributed by atoms with E-state index in [-0.39, 0.29) is 6.04 Å². The lowest BCUT2D eigenvalue weighted by atomic mass is 10.1. The van der Waals surface area contributed by atoms with Crippen LogP contribution in [0.3, 0.4) is 0 Å². The first-order valence-electron chi connectivity index (χ1n) is 5.02. The van der Waals surface area contributed by atoms with E-state index in [2.05, 4.69) is 11.9 Å². The minimum atomic E-state index is 0.0186. The molecule has 0 fully saturated rings. The Morgan fingerprint density at radius 2 is 2.13 bits per heavy atom. The van der Waals surface area contributed by atoms with E-state index in [1.165, 1.54) is 0 Å². The molecule has 0 bridgehead atoms. The van der Waals surface area contributed by atoms with E-state index in [1.807, 2.05) is 30.3 Å². The number of aromatic nitrogens is 1. The Hall–Kier alpha value is -1.12. The first kappa shape index (κ1) is 10.4. The van der Waals surface area contributed by atoms with E-state index in [0.717, 1.165) is 28.0 Å². The molecular formula is C12H13ClN2. The number of benzene rings is 1. The molecule has 0 saturated heterocycles. The second-order valence-corrected chi connectivity index (χ2v) is 4.02. The third kappa shape index (κ3) is 2.11. The van der Waals surface area contributed by atoms with Gasteiger partial charge in [-0.1, -0.05) is 24.6 Å². The van der Waals surface area contributed by atoms with Crippen molar-refractivity contribution >= 4 is 22.5 Å². The van der Waals surface area contributed by atoms with Crippen LogP contribution in [0.4, 0.5) is 0 Å². The zero-order chi connectivity index (χ0) is 10.8.